The molecule has 3 aromatic rings. The van der Waals surface area contributed by atoms with Crippen molar-refractivity contribution in [3.05, 3.63) is 60.4 Å². The zero-order chi connectivity index (χ0) is 16.9. The van der Waals surface area contributed by atoms with E-state index in [4.69, 9.17) is 4.74 Å². The molecule has 0 saturated carbocycles. The first-order chi connectivity index (χ1) is 12.4. The van der Waals surface area contributed by atoms with E-state index in [-0.39, 0.29) is 0 Å². The smallest absolute Gasteiger partial charge is 0.0544 e. The Labute approximate surface area is 154 Å². The Morgan fingerprint density at radius 3 is 2.72 bits per heavy atom. The van der Waals surface area contributed by atoms with Crippen LogP contribution in [-0.2, 0) is 11.3 Å². The van der Waals surface area contributed by atoms with Gasteiger partial charge in [0.25, 0.3) is 0 Å². The van der Waals surface area contributed by atoms with Crippen molar-refractivity contribution in [1.29, 1.82) is 0 Å². The van der Waals surface area contributed by atoms with Gasteiger partial charge in [-0.05, 0) is 10.8 Å². The first-order valence-corrected chi connectivity index (χ1v) is 11.2. The second-order valence-electron chi connectivity index (χ2n) is 6.29. The van der Waals surface area contributed by atoms with E-state index in [0.29, 0.717) is 6.61 Å². The molecule has 130 valence electrons. The summed E-state index contributed by atoms with van der Waals surface area (Å²) in [7, 11) is 0. The van der Waals surface area contributed by atoms with Gasteiger partial charge in [0.15, 0.2) is 0 Å². The Morgan fingerprint density at radius 2 is 1.84 bits per heavy atom. The van der Waals surface area contributed by atoms with E-state index in [2.05, 4.69) is 52.5 Å². The summed E-state index contributed by atoms with van der Waals surface area (Å²) in [4.78, 5) is 2.51. The molecule has 5 heteroatoms. The van der Waals surface area contributed by atoms with Crippen LogP contribution in [0.4, 0.5) is 0 Å². The number of ether oxygens (including phenoxy) is 1. The van der Waals surface area contributed by atoms with Crippen LogP contribution in [0.5, 0.6) is 0 Å². The Hall–Kier alpha value is -1.65. The molecule has 4 nitrogen and oxygen atoms in total. The molecule has 0 aliphatic carbocycles. The second-order valence-corrected chi connectivity index (χ2v) is 8.86. The van der Waals surface area contributed by atoms with Crippen LogP contribution in [0.15, 0.2) is 54.7 Å². The number of benzene rings is 2. The molecular formula is C20H23N3OSe. The summed E-state index contributed by atoms with van der Waals surface area (Å²) in [5.41, 5.74) is 2.07. The standard InChI is InChI=1S/C20H23N3OSe/c1-2-4-18-15-20(6-5-17(18)3-1)23-8-7-19(21-23)16-24-12-9-22-10-13-25-14-11-22/h1-8,15H,9-14,16H2. The summed E-state index contributed by atoms with van der Waals surface area (Å²) < 4.78 is 7.76. The van der Waals surface area contributed by atoms with Gasteiger partial charge in [-0.2, -0.15) is 0 Å². The minimum Gasteiger partial charge on any atom is -0.0544 e. The maximum absolute atomic E-state index is 5.83. The molecule has 0 N–H and O–H groups in total. The van der Waals surface area contributed by atoms with E-state index < -0.39 is 0 Å². The van der Waals surface area contributed by atoms with Crippen molar-refractivity contribution >= 4 is 25.7 Å². The molecule has 0 atom stereocenters. The summed E-state index contributed by atoms with van der Waals surface area (Å²) in [6.07, 6.45) is 2.01. The van der Waals surface area contributed by atoms with Crippen molar-refractivity contribution in [2.24, 2.45) is 0 Å². The van der Waals surface area contributed by atoms with Crippen molar-refractivity contribution in [3.63, 3.8) is 0 Å². The minimum atomic E-state index is 0.582. The van der Waals surface area contributed by atoms with Gasteiger partial charge in [0, 0.05) is 0 Å². The Balaban J connectivity index is 1.33. The van der Waals surface area contributed by atoms with Crippen LogP contribution in [0.25, 0.3) is 16.5 Å². The normalized spacial score (nSPS) is 15.7. The molecule has 1 aromatic heterocycles. The number of hydrogen-bond acceptors (Lipinski definition) is 3. The van der Waals surface area contributed by atoms with Crippen LogP contribution in [-0.4, -0.2) is 55.9 Å². The molecule has 0 bridgehead atoms. The fourth-order valence-electron chi connectivity index (χ4n) is 3.10. The van der Waals surface area contributed by atoms with Crippen molar-refractivity contribution in [3.8, 4) is 5.69 Å². The first-order valence-electron chi connectivity index (χ1n) is 8.80. The van der Waals surface area contributed by atoms with Crippen LogP contribution >= 0.6 is 0 Å². The third-order valence-corrected chi connectivity index (χ3v) is 6.52. The van der Waals surface area contributed by atoms with Crippen LogP contribution < -0.4 is 0 Å². The first kappa shape index (κ1) is 16.8. The Kier molecular flexibility index (Phi) is 5.48. The molecule has 4 rings (SSSR count). The van der Waals surface area contributed by atoms with Crippen molar-refractivity contribution in [2.45, 2.75) is 17.2 Å². The molecule has 1 fully saturated rings. The van der Waals surface area contributed by atoms with Crippen LogP contribution in [0, 0.1) is 0 Å². The van der Waals surface area contributed by atoms with Gasteiger partial charge in [0.2, 0.25) is 0 Å². The fraction of sp³-hybridized carbons (Fsp3) is 0.350. The van der Waals surface area contributed by atoms with E-state index in [0.717, 1.165) is 39.5 Å². The van der Waals surface area contributed by atoms with Crippen LogP contribution in [0.3, 0.4) is 0 Å². The number of nitrogens with zero attached hydrogens (tertiary/aromatic N) is 3. The molecule has 2 aromatic carbocycles. The summed E-state index contributed by atoms with van der Waals surface area (Å²) in [5.74, 6) is 0. The molecule has 0 unspecified atom stereocenters. The molecule has 1 aliphatic rings. The zero-order valence-corrected chi connectivity index (χ0v) is 16.0. The molecule has 25 heavy (non-hydrogen) atoms. The topological polar surface area (TPSA) is 30.3 Å². The third kappa shape index (κ3) is 4.31. The predicted octanol–water partition coefficient (Wildman–Crippen LogP) is 3.40. The van der Waals surface area contributed by atoms with Gasteiger partial charge >= 0.3 is 114 Å². The number of rotatable bonds is 6. The SMILES string of the molecule is c1ccc2cc(-n3ccc(COCCN4CC[Se]CC4)n3)ccc2c1. The van der Waals surface area contributed by atoms with E-state index in [1.165, 1.54) is 34.5 Å². The van der Waals surface area contributed by atoms with Gasteiger partial charge in [-0.1, -0.05) is 30.3 Å². The molecule has 1 saturated heterocycles. The van der Waals surface area contributed by atoms with Gasteiger partial charge < -0.3 is 0 Å². The molecular weight excluding hydrogens is 377 g/mol. The summed E-state index contributed by atoms with van der Waals surface area (Å²) in [6.45, 7) is 4.91. The monoisotopic (exact) mass is 401 g/mol. The van der Waals surface area contributed by atoms with Gasteiger partial charge in [-0.15, -0.1) is 0 Å². The average molecular weight is 400 g/mol. The van der Waals surface area contributed by atoms with Gasteiger partial charge in [0.1, 0.15) is 0 Å². The molecule has 2 heterocycles. The van der Waals surface area contributed by atoms with Crippen molar-refractivity contribution < 1.29 is 4.74 Å². The number of aromatic nitrogens is 2. The number of fused-ring (bicyclic) bond motifs is 1. The van der Waals surface area contributed by atoms with Crippen molar-refractivity contribution in [2.75, 3.05) is 26.2 Å². The van der Waals surface area contributed by atoms with E-state index in [1.54, 1.807) is 0 Å². The van der Waals surface area contributed by atoms with Gasteiger partial charge in [-0.3, -0.25) is 0 Å². The van der Waals surface area contributed by atoms with E-state index in [9.17, 15) is 0 Å². The maximum atomic E-state index is 5.83. The van der Waals surface area contributed by atoms with Gasteiger partial charge in [0.05, 0.1) is 0 Å². The zero-order valence-electron chi connectivity index (χ0n) is 14.3. The van der Waals surface area contributed by atoms with Crippen LogP contribution in [0.2, 0.25) is 10.6 Å². The summed E-state index contributed by atoms with van der Waals surface area (Å²) in [5, 5.41) is 9.92. The van der Waals surface area contributed by atoms with Crippen LogP contribution in [0.1, 0.15) is 5.69 Å². The quantitative estimate of drug-likeness (QED) is 0.469. The predicted molar refractivity (Wildman–Crippen MR) is 103 cm³/mol. The van der Waals surface area contributed by atoms with E-state index >= 15 is 0 Å². The Bertz CT molecular complexity index is 826. The van der Waals surface area contributed by atoms with E-state index in [1.807, 2.05) is 16.9 Å². The molecule has 0 amide bonds. The average Bonchev–Trinajstić information content (AvgIpc) is 3.15. The van der Waals surface area contributed by atoms with Gasteiger partial charge in [-0.25, -0.2) is 0 Å². The van der Waals surface area contributed by atoms with Crippen molar-refractivity contribution in [1.82, 2.24) is 14.7 Å². The Morgan fingerprint density at radius 1 is 1.00 bits per heavy atom. The third-order valence-electron chi connectivity index (χ3n) is 4.55. The molecule has 0 spiro atoms. The molecule has 1 aliphatic heterocycles. The second kappa shape index (κ2) is 8.15. The summed E-state index contributed by atoms with van der Waals surface area (Å²) in [6, 6.07) is 16.9. The fourth-order valence-corrected chi connectivity index (χ4v) is 5.15. The minimum absolute atomic E-state index is 0.582. The molecule has 0 radical (unpaired) electrons. The summed E-state index contributed by atoms with van der Waals surface area (Å²) >= 11 is 0.882. The number of hydrogen-bond donors (Lipinski definition) is 0.